The van der Waals surface area contributed by atoms with Crippen LogP contribution in [-0.2, 0) is 14.8 Å². The average molecular weight is 314 g/mol. The zero-order valence-electron chi connectivity index (χ0n) is 12.0. The first-order valence-corrected chi connectivity index (χ1v) is 7.66. The Morgan fingerprint density at radius 3 is 2.43 bits per heavy atom. The number of amides is 1. The van der Waals surface area contributed by atoms with E-state index in [1.54, 1.807) is 6.92 Å². The van der Waals surface area contributed by atoms with Gasteiger partial charge in [-0.1, -0.05) is 19.1 Å². The number of carboxylic acid groups (broad SMARTS) is 1. The molecule has 116 valence electrons. The van der Waals surface area contributed by atoms with Crippen LogP contribution < -0.4 is 5.32 Å². The van der Waals surface area contributed by atoms with Gasteiger partial charge in [0.15, 0.2) is 0 Å². The molecule has 1 amide bonds. The number of carboxylic acids is 1. The van der Waals surface area contributed by atoms with E-state index < -0.39 is 21.9 Å². The number of hydrogen-bond donors (Lipinski definition) is 2. The highest BCUT2D eigenvalue weighted by atomic mass is 32.2. The summed E-state index contributed by atoms with van der Waals surface area (Å²) in [5, 5.41) is 11.5. The van der Waals surface area contributed by atoms with E-state index in [1.807, 2.05) is 0 Å². The molecule has 1 aromatic carbocycles. The summed E-state index contributed by atoms with van der Waals surface area (Å²) in [5.41, 5.74) is -0.294. The molecular formula is C13H18N2O5S. The van der Waals surface area contributed by atoms with E-state index in [0.717, 1.165) is 4.31 Å². The Morgan fingerprint density at radius 2 is 1.90 bits per heavy atom. The Hall–Kier alpha value is -1.93. The molecule has 0 bridgehead atoms. The van der Waals surface area contributed by atoms with E-state index in [-0.39, 0.29) is 22.9 Å². The van der Waals surface area contributed by atoms with E-state index >= 15 is 0 Å². The van der Waals surface area contributed by atoms with Gasteiger partial charge < -0.3 is 10.4 Å². The van der Waals surface area contributed by atoms with Crippen LogP contribution in [0, 0.1) is 5.92 Å². The quantitative estimate of drug-likeness (QED) is 0.790. The molecule has 0 spiro atoms. The SMILES string of the molecule is CNC(=O)C(C)CN(C)S(=O)(=O)c1ccccc1C(=O)O. The molecule has 0 aliphatic heterocycles. The Morgan fingerprint density at radius 1 is 1.33 bits per heavy atom. The first-order chi connectivity index (χ1) is 9.71. The van der Waals surface area contributed by atoms with Gasteiger partial charge in [-0.05, 0) is 12.1 Å². The van der Waals surface area contributed by atoms with Gasteiger partial charge in [0, 0.05) is 26.6 Å². The van der Waals surface area contributed by atoms with Crippen molar-refractivity contribution in [3.05, 3.63) is 29.8 Å². The van der Waals surface area contributed by atoms with Crippen LogP contribution in [0.3, 0.4) is 0 Å². The van der Waals surface area contributed by atoms with Crippen molar-refractivity contribution in [2.45, 2.75) is 11.8 Å². The third kappa shape index (κ3) is 3.79. The molecule has 0 heterocycles. The first-order valence-electron chi connectivity index (χ1n) is 6.22. The van der Waals surface area contributed by atoms with E-state index in [0.29, 0.717) is 0 Å². The summed E-state index contributed by atoms with van der Waals surface area (Å²) in [5.74, 6) is -2.16. The minimum atomic E-state index is -3.98. The van der Waals surface area contributed by atoms with E-state index in [1.165, 1.54) is 38.4 Å². The van der Waals surface area contributed by atoms with Gasteiger partial charge in [-0.25, -0.2) is 17.5 Å². The monoisotopic (exact) mass is 314 g/mol. The maximum absolute atomic E-state index is 12.4. The summed E-state index contributed by atoms with van der Waals surface area (Å²) in [6.07, 6.45) is 0. The fraction of sp³-hybridized carbons (Fsp3) is 0.385. The van der Waals surface area contributed by atoms with Crippen LogP contribution in [0.15, 0.2) is 29.2 Å². The van der Waals surface area contributed by atoms with E-state index in [4.69, 9.17) is 5.11 Å². The second-order valence-corrected chi connectivity index (χ2v) is 6.62. The second kappa shape index (κ2) is 6.68. The molecule has 0 saturated heterocycles. The molecule has 21 heavy (non-hydrogen) atoms. The van der Waals surface area contributed by atoms with Gasteiger partial charge in [0.05, 0.1) is 10.5 Å². The largest absolute Gasteiger partial charge is 0.478 e. The minimum Gasteiger partial charge on any atom is -0.478 e. The average Bonchev–Trinajstić information content (AvgIpc) is 2.45. The molecule has 7 nitrogen and oxygen atoms in total. The molecule has 0 aliphatic carbocycles. The van der Waals surface area contributed by atoms with Gasteiger partial charge in [0.25, 0.3) is 0 Å². The molecular weight excluding hydrogens is 296 g/mol. The van der Waals surface area contributed by atoms with Crippen LogP contribution in [0.5, 0.6) is 0 Å². The van der Waals surface area contributed by atoms with Crippen molar-refractivity contribution in [3.8, 4) is 0 Å². The summed E-state index contributed by atoms with van der Waals surface area (Å²) in [7, 11) is -1.20. The molecule has 1 aromatic rings. The summed E-state index contributed by atoms with van der Waals surface area (Å²) in [6.45, 7) is 1.55. The minimum absolute atomic E-state index is 0.0457. The number of rotatable bonds is 6. The van der Waals surface area contributed by atoms with E-state index in [9.17, 15) is 18.0 Å². The normalized spacial score (nSPS) is 13.0. The number of carbonyl (C=O) groups is 2. The lowest BCUT2D eigenvalue weighted by Crippen LogP contribution is -2.37. The Balaban J connectivity index is 3.12. The molecule has 1 atom stereocenters. The van der Waals surface area contributed by atoms with Crippen molar-refractivity contribution in [2.24, 2.45) is 5.92 Å². The molecule has 0 saturated carbocycles. The van der Waals surface area contributed by atoms with Gasteiger partial charge in [-0.2, -0.15) is 0 Å². The lowest BCUT2D eigenvalue weighted by molar-refractivity contribution is -0.124. The van der Waals surface area contributed by atoms with Crippen molar-refractivity contribution >= 4 is 21.9 Å². The molecule has 2 N–H and O–H groups in total. The van der Waals surface area contributed by atoms with Crippen molar-refractivity contribution in [1.82, 2.24) is 9.62 Å². The van der Waals surface area contributed by atoms with Crippen LogP contribution in [-0.4, -0.2) is 50.3 Å². The molecule has 1 rings (SSSR count). The van der Waals surface area contributed by atoms with Gasteiger partial charge in [-0.15, -0.1) is 0 Å². The van der Waals surface area contributed by atoms with Crippen molar-refractivity contribution in [3.63, 3.8) is 0 Å². The van der Waals surface area contributed by atoms with Crippen LogP contribution in [0.1, 0.15) is 17.3 Å². The van der Waals surface area contributed by atoms with Crippen LogP contribution >= 0.6 is 0 Å². The lowest BCUT2D eigenvalue weighted by atomic mass is 10.2. The van der Waals surface area contributed by atoms with Crippen LogP contribution in [0.25, 0.3) is 0 Å². The number of sulfonamides is 1. The maximum atomic E-state index is 12.4. The molecule has 0 radical (unpaired) electrons. The fourth-order valence-electron chi connectivity index (χ4n) is 1.85. The Labute approximate surface area is 123 Å². The van der Waals surface area contributed by atoms with Crippen molar-refractivity contribution in [2.75, 3.05) is 20.6 Å². The highest BCUT2D eigenvalue weighted by Crippen LogP contribution is 2.20. The number of nitrogens with zero attached hydrogens (tertiary/aromatic N) is 1. The van der Waals surface area contributed by atoms with Gasteiger partial charge in [0.1, 0.15) is 0 Å². The number of carbonyl (C=O) groups excluding carboxylic acids is 1. The van der Waals surface area contributed by atoms with Gasteiger partial charge in [-0.3, -0.25) is 4.79 Å². The molecule has 0 aromatic heterocycles. The summed E-state index contributed by atoms with van der Waals surface area (Å²) in [4.78, 5) is 22.3. The summed E-state index contributed by atoms with van der Waals surface area (Å²) in [6, 6.07) is 5.37. The predicted octanol–water partition coefficient (Wildman–Crippen LogP) is 0.387. The third-order valence-electron chi connectivity index (χ3n) is 3.03. The highest BCUT2D eigenvalue weighted by Gasteiger charge is 2.28. The lowest BCUT2D eigenvalue weighted by Gasteiger charge is -2.21. The summed E-state index contributed by atoms with van der Waals surface area (Å²) >= 11 is 0. The zero-order valence-corrected chi connectivity index (χ0v) is 12.8. The smallest absolute Gasteiger partial charge is 0.337 e. The number of benzene rings is 1. The fourth-order valence-corrected chi connectivity index (χ4v) is 3.29. The third-order valence-corrected chi connectivity index (χ3v) is 4.91. The predicted molar refractivity (Wildman–Crippen MR) is 76.4 cm³/mol. The van der Waals surface area contributed by atoms with Gasteiger partial charge >= 0.3 is 5.97 Å². The van der Waals surface area contributed by atoms with Crippen LogP contribution in [0.4, 0.5) is 0 Å². The molecule has 1 unspecified atom stereocenters. The number of aromatic carboxylic acids is 1. The second-order valence-electron chi connectivity index (χ2n) is 4.60. The van der Waals surface area contributed by atoms with Crippen molar-refractivity contribution in [1.29, 1.82) is 0 Å². The van der Waals surface area contributed by atoms with Crippen molar-refractivity contribution < 1.29 is 23.1 Å². The molecule has 0 aliphatic rings. The van der Waals surface area contributed by atoms with Crippen LogP contribution in [0.2, 0.25) is 0 Å². The molecule has 0 fully saturated rings. The number of hydrogen-bond acceptors (Lipinski definition) is 4. The highest BCUT2D eigenvalue weighted by molar-refractivity contribution is 7.89. The topological polar surface area (TPSA) is 104 Å². The Bertz CT molecular complexity index is 642. The first kappa shape index (κ1) is 17.1. The van der Waals surface area contributed by atoms with Gasteiger partial charge in [0.2, 0.25) is 15.9 Å². The molecule has 8 heteroatoms. The van der Waals surface area contributed by atoms with E-state index in [2.05, 4.69) is 5.32 Å². The maximum Gasteiger partial charge on any atom is 0.337 e. The number of nitrogens with one attached hydrogen (secondary N) is 1. The Kier molecular flexibility index (Phi) is 5.45. The zero-order chi connectivity index (χ0) is 16.2. The summed E-state index contributed by atoms with van der Waals surface area (Å²) < 4.78 is 25.9. The standard InChI is InChI=1S/C13H18N2O5S/c1-9(12(16)14-2)8-15(3)21(19,20)11-7-5-4-6-10(11)13(17)18/h4-7,9H,8H2,1-3H3,(H,14,16)(H,17,18).